The average molecular weight is 575 g/mol. The van der Waals surface area contributed by atoms with E-state index in [-0.39, 0.29) is 17.5 Å². The van der Waals surface area contributed by atoms with Crippen LogP contribution in [0.25, 0.3) is 22.2 Å². The molecule has 4 heterocycles. The van der Waals surface area contributed by atoms with Gasteiger partial charge in [-0.15, -0.1) is 0 Å². The van der Waals surface area contributed by atoms with Gasteiger partial charge < -0.3 is 14.8 Å². The standard InChI is InChI=1S/C28H27BrN6O3/c29-20-7-5-18(6-8-20)24-15-30-25(32-24)19-9-12-33(13-10-19)27(37)28(38)34-14-11-21(16-34)35-17-31-23-4-2-1-3-22(23)26(35)36/h1-8,15,17,19,21H,9-14,16H2,(H,30,32). The summed E-state index contributed by atoms with van der Waals surface area (Å²) in [4.78, 5) is 54.7. The third kappa shape index (κ3) is 4.64. The van der Waals surface area contributed by atoms with Crippen molar-refractivity contribution in [2.24, 2.45) is 0 Å². The van der Waals surface area contributed by atoms with Gasteiger partial charge in [0, 0.05) is 36.6 Å². The maximum absolute atomic E-state index is 13.1. The van der Waals surface area contributed by atoms with E-state index in [4.69, 9.17) is 0 Å². The lowest BCUT2D eigenvalue weighted by Gasteiger charge is -2.31. The first kappa shape index (κ1) is 24.5. The first-order valence-electron chi connectivity index (χ1n) is 12.8. The van der Waals surface area contributed by atoms with Gasteiger partial charge in [-0.25, -0.2) is 9.97 Å². The quantitative estimate of drug-likeness (QED) is 0.375. The zero-order valence-electron chi connectivity index (χ0n) is 20.7. The minimum absolute atomic E-state index is 0.121. The van der Waals surface area contributed by atoms with Crippen LogP contribution in [0.15, 0.2) is 70.3 Å². The predicted molar refractivity (Wildman–Crippen MR) is 147 cm³/mol. The van der Waals surface area contributed by atoms with Gasteiger partial charge in [0.15, 0.2) is 0 Å². The summed E-state index contributed by atoms with van der Waals surface area (Å²) in [5, 5.41) is 0.555. The van der Waals surface area contributed by atoms with Crippen LogP contribution < -0.4 is 5.56 Å². The number of amides is 2. The number of rotatable bonds is 3. The maximum Gasteiger partial charge on any atom is 0.312 e. The monoisotopic (exact) mass is 574 g/mol. The Hall–Kier alpha value is -3.79. The van der Waals surface area contributed by atoms with Crippen LogP contribution in [0.1, 0.15) is 37.0 Å². The molecule has 2 aromatic carbocycles. The zero-order valence-corrected chi connectivity index (χ0v) is 22.3. The molecule has 2 saturated heterocycles. The molecule has 2 amide bonds. The number of nitrogens with one attached hydrogen (secondary N) is 1. The summed E-state index contributed by atoms with van der Waals surface area (Å²) in [5.41, 5.74) is 2.56. The summed E-state index contributed by atoms with van der Waals surface area (Å²) < 4.78 is 2.62. The second-order valence-electron chi connectivity index (χ2n) is 9.92. The predicted octanol–water partition coefficient (Wildman–Crippen LogP) is 3.73. The Labute approximate surface area is 227 Å². The SMILES string of the molecule is O=C(C(=O)N1CCC(n2cnc3ccccc3c2=O)C1)N1CCC(c2ncc(-c3ccc(Br)cc3)[nH]2)CC1. The molecule has 6 rings (SSSR count). The number of hydrogen-bond acceptors (Lipinski definition) is 5. The molecule has 1 unspecified atom stereocenters. The number of halogens is 1. The number of carbonyl (C=O) groups excluding carboxylic acids is 2. The highest BCUT2D eigenvalue weighted by molar-refractivity contribution is 9.10. The molecule has 2 aromatic heterocycles. The van der Waals surface area contributed by atoms with Crippen LogP contribution in [0.4, 0.5) is 0 Å². The van der Waals surface area contributed by atoms with E-state index >= 15 is 0 Å². The van der Waals surface area contributed by atoms with Crippen molar-refractivity contribution in [2.75, 3.05) is 26.2 Å². The summed E-state index contributed by atoms with van der Waals surface area (Å²) in [6, 6.07) is 15.1. The van der Waals surface area contributed by atoms with Crippen molar-refractivity contribution in [2.45, 2.75) is 31.2 Å². The van der Waals surface area contributed by atoms with Crippen molar-refractivity contribution >= 4 is 38.6 Å². The fourth-order valence-electron chi connectivity index (χ4n) is 5.44. The number of piperidine rings is 1. The number of aromatic amines is 1. The van der Waals surface area contributed by atoms with E-state index in [1.165, 1.54) is 0 Å². The number of hydrogen-bond donors (Lipinski definition) is 1. The number of nitrogens with zero attached hydrogens (tertiary/aromatic N) is 5. The van der Waals surface area contributed by atoms with Crippen LogP contribution in [0, 0.1) is 0 Å². The van der Waals surface area contributed by atoms with Crippen LogP contribution >= 0.6 is 15.9 Å². The minimum atomic E-state index is -0.497. The molecule has 2 aliphatic rings. The van der Waals surface area contributed by atoms with E-state index in [1.807, 2.05) is 42.6 Å². The highest BCUT2D eigenvalue weighted by Gasteiger charge is 2.35. The molecule has 38 heavy (non-hydrogen) atoms. The lowest BCUT2D eigenvalue weighted by Crippen LogP contribution is -2.47. The Balaban J connectivity index is 1.06. The van der Waals surface area contributed by atoms with Crippen molar-refractivity contribution in [1.82, 2.24) is 29.3 Å². The second-order valence-corrected chi connectivity index (χ2v) is 10.8. The summed E-state index contributed by atoms with van der Waals surface area (Å²) in [5.74, 6) is 0.159. The molecular formula is C28H27BrN6O3. The molecule has 0 aliphatic carbocycles. The lowest BCUT2D eigenvalue weighted by atomic mass is 9.96. The van der Waals surface area contributed by atoms with E-state index in [1.54, 1.807) is 32.8 Å². The molecule has 0 radical (unpaired) electrons. The van der Waals surface area contributed by atoms with Crippen LogP contribution in [-0.4, -0.2) is 67.3 Å². The molecule has 4 aromatic rings. The van der Waals surface area contributed by atoms with E-state index in [0.717, 1.165) is 34.4 Å². The van der Waals surface area contributed by atoms with E-state index in [2.05, 4.69) is 30.9 Å². The zero-order chi connectivity index (χ0) is 26.2. The Morgan fingerprint density at radius 3 is 2.39 bits per heavy atom. The Morgan fingerprint density at radius 1 is 0.895 bits per heavy atom. The number of likely N-dealkylation sites (tertiary alicyclic amines) is 2. The topological polar surface area (TPSA) is 104 Å². The van der Waals surface area contributed by atoms with Crippen LogP contribution in [0.3, 0.4) is 0 Å². The largest absolute Gasteiger partial charge is 0.342 e. The molecule has 9 nitrogen and oxygen atoms in total. The van der Waals surface area contributed by atoms with Crippen molar-refractivity contribution in [3.8, 4) is 11.3 Å². The lowest BCUT2D eigenvalue weighted by molar-refractivity contribution is -0.151. The van der Waals surface area contributed by atoms with Gasteiger partial charge in [0.05, 0.1) is 35.2 Å². The van der Waals surface area contributed by atoms with Crippen LogP contribution in [0.2, 0.25) is 0 Å². The van der Waals surface area contributed by atoms with Gasteiger partial charge in [-0.2, -0.15) is 0 Å². The number of fused-ring (bicyclic) bond motifs is 1. The third-order valence-electron chi connectivity index (χ3n) is 7.64. The number of aromatic nitrogens is 4. The Kier molecular flexibility index (Phi) is 6.57. The van der Waals surface area contributed by atoms with Gasteiger partial charge in [-0.1, -0.05) is 40.2 Å². The van der Waals surface area contributed by atoms with E-state index in [9.17, 15) is 14.4 Å². The van der Waals surface area contributed by atoms with Gasteiger partial charge >= 0.3 is 11.8 Å². The normalized spacial score (nSPS) is 18.3. The molecule has 0 saturated carbocycles. The van der Waals surface area contributed by atoms with Gasteiger partial charge in [0.1, 0.15) is 5.82 Å². The van der Waals surface area contributed by atoms with Gasteiger partial charge in [-0.05, 0) is 49.1 Å². The molecular weight excluding hydrogens is 548 g/mol. The first-order chi connectivity index (χ1) is 18.5. The number of imidazole rings is 1. The summed E-state index contributed by atoms with van der Waals surface area (Å²) in [6.07, 6.45) is 5.49. The van der Waals surface area contributed by atoms with Gasteiger partial charge in [-0.3, -0.25) is 19.0 Å². The third-order valence-corrected chi connectivity index (χ3v) is 8.17. The van der Waals surface area contributed by atoms with E-state index in [0.29, 0.717) is 43.5 Å². The van der Waals surface area contributed by atoms with Crippen LogP contribution in [0.5, 0.6) is 0 Å². The highest BCUT2D eigenvalue weighted by Crippen LogP contribution is 2.29. The van der Waals surface area contributed by atoms with Gasteiger partial charge in [0.25, 0.3) is 5.56 Å². The number of para-hydroxylation sites is 1. The Bertz CT molecular complexity index is 1550. The molecule has 2 aliphatic heterocycles. The fraction of sp³-hybridized carbons (Fsp3) is 0.321. The molecule has 2 fully saturated rings. The summed E-state index contributed by atoms with van der Waals surface area (Å²) >= 11 is 3.46. The molecule has 0 bridgehead atoms. The molecule has 1 N–H and O–H groups in total. The molecule has 194 valence electrons. The molecule has 0 spiro atoms. The maximum atomic E-state index is 13.1. The first-order valence-corrected chi connectivity index (χ1v) is 13.6. The highest BCUT2D eigenvalue weighted by atomic mass is 79.9. The van der Waals surface area contributed by atoms with Gasteiger partial charge in [0.2, 0.25) is 0 Å². The minimum Gasteiger partial charge on any atom is -0.342 e. The smallest absolute Gasteiger partial charge is 0.312 e. The second kappa shape index (κ2) is 10.2. The molecule has 1 atom stereocenters. The van der Waals surface area contributed by atoms with Crippen molar-refractivity contribution < 1.29 is 9.59 Å². The number of benzene rings is 2. The number of carbonyl (C=O) groups is 2. The van der Waals surface area contributed by atoms with E-state index < -0.39 is 11.8 Å². The Morgan fingerprint density at radius 2 is 1.61 bits per heavy atom. The summed E-state index contributed by atoms with van der Waals surface area (Å²) in [6.45, 7) is 1.78. The fourth-order valence-corrected chi connectivity index (χ4v) is 5.71. The van der Waals surface area contributed by atoms with Crippen molar-refractivity contribution in [3.63, 3.8) is 0 Å². The molecule has 10 heteroatoms. The summed E-state index contributed by atoms with van der Waals surface area (Å²) in [7, 11) is 0. The van der Waals surface area contributed by atoms with Crippen molar-refractivity contribution in [3.05, 3.63) is 81.7 Å². The number of H-pyrrole nitrogens is 1. The van der Waals surface area contributed by atoms with Crippen LogP contribution in [-0.2, 0) is 9.59 Å². The van der Waals surface area contributed by atoms with Crippen molar-refractivity contribution in [1.29, 1.82) is 0 Å². The average Bonchev–Trinajstić information content (AvgIpc) is 3.64.